The van der Waals surface area contributed by atoms with Crippen molar-refractivity contribution in [2.24, 2.45) is 0 Å². The molecule has 1 N–H and O–H groups in total. The lowest BCUT2D eigenvalue weighted by Gasteiger charge is -2.09. The molecule has 0 aliphatic carbocycles. The van der Waals surface area contributed by atoms with Crippen molar-refractivity contribution in [1.82, 2.24) is 0 Å². The van der Waals surface area contributed by atoms with Crippen LogP contribution in [0.5, 0.6) is 0 Å². The predicted octanol–water partition coefficient (Wildman–Crippen LogP) is 1.30. The third kappa shape index (κ3) is 2.29. The average Bonchev–Trinajstić information content (AvgIpc) is 2.15. The van der Waals surface area contributed by atoms with E-state index in [2.05, 4.69) is 0 Å². The lowest BCUT2D eigenvalue weighted by Crippen LogP contribution is -2.01. The molecule has 0 fully saturated rings. The molecule has 0 radical (unpaired) electrons. The molecule has 3 nitrogen and oxygen atoms in total. The number of sulfone groups is 1. The number of benzene rings is 1. The summed E-state index contributed by atoms with van der Waals surface area (Å²) < 4.78 is 22.8. The number of hydrogen-bond donors (Lipinski definition) is 1. The van der Waals surface area contributed by atoms with Gasteiger partial charge < -0.3 is 5.11 Å². The zero-order chi connectivity index (χ0) is 10.8. The van der Waals surface area contributed by atoms with Gasteiger partial charge in [-0.15, -0.1) is 11.8 Å². The van der Waals surface area contributed by atoms with E-state index in [4.69, 9.17) is 5.11 Å². The zero-order valence-electron chi connectivity index (χ0n) is 8.02. The second kappa shape index (κ2) is 4.33. The summed E-state index contributed by atoms with van der Waals surface area (Å²) in [5.41, 5.74) is 0.653. The molecular weight excluding hydrogens is 220 g/mol. The first-order valence-corrected chi connectivity index (χ1v) is 7.09. The summed E-state index contributed by atoms with van der Waals surface area (Å²) in [5.74, 6) is 0. The molecule has 0 unspecified atom stereocenters. The summed E-state index contributed by atoms with van der Waals surface area (Å²) >= 11 is 1.33. The van der Waals surface area contributed by atoms with E-state index < -0.39 is 9.84 Å². The number of thioether (sulfide) groups is 1. The molecule has 0 amide bonds. The minimum Gasteiger partial charge on any atom is -0.392 e. The second-order valence-electron chi connectivity index (χ2n) is 2.88. The molecule has 78 valence electrons. The Bertz CT molecular complexity index is 424. The summed E-state index contributed by atoms with van der Waals surface area (Å²) in [6, 6.07) is 4.92. The molecule has 0 saturated heterocycles. The van der Waals surface area contributed by atoms with Crippen LogP contribution in [0.3, 0.4) is 0 Å². The first-order chi connectivity index (χ1) is 6.50. The van der Waals surface area contributed by atoms with Gasteiger partial charge in [-0.25, -0.2) is 8.42 Å². The van der Waals surface area contributed by atoms with Gasteiger partial charge in [0, 0.05) is 11.2 Å². The van der Waals surface area contributed by atoms with E-state index in [9.17, 15) is 8.42 Å². The van der Waals surface area contributed by atoms with E-state index in [1.165, 1.54) is 18.0 Å². The standard InChI is InChI=1S/C9H12O3S2/c1-13-9-7(6-10)4-3-5-8(9)14(2,11)12/h3-5,10H,6H2,1-2H3. The van der Waals surface area contributed by atoms with Crippen molar-refractivity contribution in [2.75, 3.05) is 12.5 Å². The number of hydrogen-bond acceptors (Lipinski definition) is 4. The van der Waals surface area contributed by atoms with Gasteiger partial charge in [-0.05, 0) is 17.9 Å². The van der Waals surface area contributed by atoms with Crippen molar-refractivity contribution < 1.29 is 13.5 Å². The van der Waals surface area contributed by atoms with Crippen LogP contribution in [0.4, 0.5) is 0 Å². The quantitative estimate of drug-likeness (QED) is 0.798. The van der Waals surface area contributed by atoms with Crippen LogP contribution >= 0.6 is 11.8 Å². The van der Waals surface area contributed by atoms with E-state index in [1.54, 1.807) is 24.5 Å². The smallest absolute Gasteiger partial charge is 0.176 e. The Morgan fingerprint density at radius 1 is 1.43 bits per heavy atom. The Balaban J connectivity index is 3.45. The molecule has 1 aromatic rings. The number of aliphatic hydroxyl groups is 1. The van der Waals surface area contributed by atoms with Gasteiger partial charge in [-0.3, -0.25) is 0 Å². The zero-order valence-corrected chi connectivity index (χ0v) is 9.65. The van der Waals surface area contributed by atoms with Crippen molar-refractivity contribution in [3.8, 4) is 0 Å². The van der Waals surface area contributed by atoms with Crippen LogP contribution in [0.2, 0.25) is 0 Å². The van der Waals surface area contributed by atoms with Crippen molar-refractivity contribution in [3.63, 3.8) is 0 Å². The molecule has 0 aliphatic heterocycles. The fourth-order valence-electron chi connectivity index (χ4n) is 1.21. The molecule has 0 bridgehead atoms. The lowest BCUT2D eigenvalue weighted by atomic mass is 10.2. The van der Waals surface area contributed by atoms with Crippen LogP contribution in [-0.4, -0.2) is 26.0 Å². The normalized spacial score (nSPS) is 11.6. The Morgan fingerprint density at radius 3 is 2.50 bits per heavy atom. The predicted molar refractivity (Wildman–Crippen MR) is 57.3 cm³/mol. The van der Waals surface area contributed by atoms with Gasteiger partial charge in [0.25, 0.3) is 0 Å². The fraction of sp³-hybridized carbons (Fsp3) is 0.333. The summed E-state index contributed by atoms with van der Waals surface area (Å²) in [6.07, 6.45) is 2.96. The molecule has 0 heterocycles. The van der Waals surface area contributed by atoms with Crippen molar-refractivity contribution >= 4 is 21.6 Å². The maximum absolute atomic E-state index is 11.4. The van der Waals surface area contributed by atoms with E-state index in [-0.39, 0.29) is 11.5 Å². The highest BCUT2D eigenvalue weighted by Gasteiger charge is 2.14. The van der Waals surface area contributed by atoms with Crippen LogP contribution in [0.25, 0.3) is 0 Å². The van der Waals surface area contributed by atoms with Gasteiger partial charge in [0.05, 0.1) is 11.5 Å². The Morgan fingerprint density at radius 2 is 2.07 bits per heavy atom. The number of aliphatic hydroxyl groups excluding tert-OH is 1. The first-order valence-electron chi connectivity index (χ1n) is 3.97. The van der Waals surface area contributed by atoms with E-state index >= 15 is 0 Å². The minimum atomic E-state index is -3.21. The van der Waals surface area contributed by atoms with Gasteiger partial charge >= 0.3 is 0 Å². The van der Waals surface area contributed by atoms with Gasteiger partial charge in [-0.1, -0.05) is 12.1 Å². The molecule has 0 spiro atoms. The number of rotatable bonds is 3. The van der Waals surface area contributed by atoms with E-state index in [0.29, 0.717) is 10.5 Å². The Hall–Kier alpha value is -0.520. The Labute approximate surface area is 88.1 Å². The van der Waals surface area contributed by atoms with E-state index in [1.807, 2.05) is 0 Å². The van der Waals surface area contributed by atoms with Gasteiger partial charge in [0.15, 0.2) is 9.84 Å². The van der Waals surface area contributed by atoms with Crippen LogP contribution in [0.1, 0.15) is 5.56 Å². The van der Waals surface area contributed by atoms with Crippen LogP contribution in [-0.2, 0) is 16.4 Å². The molecule has 5 heteroatoms. The highest BCUT2D eigenvalue weighted by atomic mass is 32.2. The molecule has 14 heavy (non-hydrogen) atoms. The van der Waals surface area contributed by atoms with Crippen molar-refractivity contribution in [3.05, 3.63) is 23.8 Å². The summed E-state index contributed by atoms with van der Waals surface area (Å²) in [6.45, 7) is -0.139. The third-order valence-electron chi connectivity index (χ3n) is 1.83. The highest BCUT2D eigenvalue weighted by Crippen LogP contribution is 2.28. The van der Waals surface area contributed by atoms with Crippen LogP contribution in [0.15, 0.2) is 28.0 Å². The summed E-state index contributed by atoms with van der Waals surface area (Å²) in [7, 11) is -3.21. The molecule has 0 aliphatic rings. The van der Waals surface area contributed by atoms with Crippen molar-refractivity contribution in [2.45, 2.75) is 16.4 Å². The van der Waals surface area contributed by atoms with Crippen molar-refractivity contribution in [1.29, 1.82) is 0 Å². The highest BCUT2D eigenvalue weighted by molar-refractivity contribution is 7.99. The first kappa shape index (κ1) is 11.6. The van der Waals surface area contributed by atoms with E-state index in [0.717, 1.165) is 0 Å². The Kier molecular flexibility index (Phi) is 3.58. The largest absolute Gasteiger partial charge is 0.392 e. The average molecular weight is 232 g/mol. The molecule has 1 aromatic carbocycles. The molecular formula is C9H12O3S2. The molecule has 1 rings (SSSR count). The topological polar surface area (TPSA) is 54.4 Å². The lowest BCUT2D eigenvalue weighted by molar-refractivity contribution is 0.278. The summed E-state index contributed by atoms with van der Waals surface area (Å²) in [5, 5.41) is 9.03. The SMILES string of the molecule is CSc1c(CO)cccc1S(C)(=O)=O. The van der Waals surface area contributed by atoms with Crippen LogP contribution in [0, 0.1) is 0 Å². The third-order valence-corrected chi connectivity index (χ3v) is 3.99. The molecule has 0 saturated carbocycles. The van der Waals surface area contributed by atoms with Crippen LogP contribution < -0.4 is 0 Å². The minimum absolute atomic E-state index is 0.139. The molecule has 0 atom stereocenters. The van der Waals surface area contributed by atoms with Gasteiger partial charge in [0.2, 0.25) is 0 Å². The van der Waals surface area contributed by atoms with Gasteiger partial charge in [0.1, 0.15) is 0 Å². The molecule has 0 aromatic heterocycles. The maximum Gasteiger partial charge on any atom is 0.176 e. The summed E-state index contributed by atoms with van der Waals surface area (Å²) in [4.78, 5) is 0.925. The second-order valence-corrected chi connectivity index (χ2v) is 5.68. The maximum atomic E-state index is 11.4. The van der Waals surface area contributed by atoms with Gasteiger partial charge in [-0.2, -0.15) is 0 Å². The fourth-order valence-corrected chi connectivity index (χ4v) is 3.37. The monoisotopic (exact) mass is 232 g/mol.